The Hall–Kier alpha value is -1.85. The van der Waals surface area contributed by atoms with Gasteiger partial charge in [0.1, 0.15) is 5.54 Å². The minimum absolute atomic E-state index is 0.0912. The number of hydrogen-bond acceptors (Lipinski definition) is 3. The van der Waals surface area contributed by atoms with Crippen molar-refractivity contribution in [3.63, 3.8) is 0 Å². The highest BCUT2D eigenvalue weighted by atomic mass is 16.2. The molecule has 3 N–H and O–H groups in total. The summed E-state index contributed by atoms with van der Waals surface area (Å²) >= 11 is 0. The van der Waals surface area contributed by atoms with Crippen LogP contribution in [0.25, 0.3) is 0 Å². The zero-order valence-electron chi connectivity index (χ0n) is 11.5. The summed E-state index contributed by atoms with van der Waals surface area (Å²) in [6.07, 6.45) is 4.41. The third kappa shape index (κ3) is 3.13. The van der Waals surface area contributed by atoms with E-state index in [2.05, 4.69) is 20.8 Å². The second kappa shape index (κ2) is 5.03. The first-order valence-electron chi connectivity index (χ1n) is 6.49. The van der Waals surface area contributed by atoms with E-state index in [-0.39, 0.29) is 17.9 Å². The average molecular weight is 264 g/mol. The highest BCUT2D eigenvalue weighted by Gasteiger charge is 2.31. The lowest BCUT2D eigenvalue weighted by molar-refractivity contribution is -0.132. The van der Waals surface area contributed by atoms with Crippen molar-refractivity contribution in [2.45, 2.75) is 51.6 Å². The number of rotatable bonds is 3. The molecule has 0 saturated heterocycles. The van der Waals surface area contributed by atoms with Crippen LogP contribution in [0.5, 0.6) is 0 Å². The highest BCUT2D eigenvalue weighted by Crippen LogP contribution is 2.19. The topological polar surface area (TPSA) is 86.9 Å². The van der Waals surface area contributed by atoms with E-state index < -0.39 is 5.54 Å². The Balaban J connectivity index is 1.95. The molecule has 1 heterocycles. The smallest absolute Gasteiger partial charge is 0.245 e. The lowest BCUT2D eigenvalue weighted by Gasteiger charge is -2.29. The van der Waals surface area contributed by atoms with Crippen LogP contribution in [0.3, 0.4) is 0 Å². The van der Waals surface area contributed by atoms with Gasteiger partial charge in [-0.15, -0.1) is 0 Å². The van der Waals surface area contributed by atoms with Crippen LogP contribution >= 0.6 is 0 Å². The van der Waals surface area contributed by atoms with Crippen molar-refractivity contribution < 1.29 is 9.59 Å². The van der Waals surface area contributed by atoms with E-state index in [1.807, 2.05) is 6.20 Å². The molecule has 0 radical (unpaired) electrons. The first-order chi connectivity index (χ1) is 8.88. The van der Waals surface area contributed by atoms with Crippen LogP contribution in [-0.4, -0.2) is 33.6 Å². The van der Waals surface area contributed by atoms with Gasteiger partial charge in [-0.2, -0.15) is 5.10 Å². The molecular weight excluding hydrogens is 244 g/mol. The number of aromatic nitrogens is 2. The molecule has 1 aliphatic rings. The van der Waals surface area contributed by atoms with Gasteiger partial charge >= 0.3 is 0 Å². The molecule has 1 atom stereocenters. The molecule has 6 heteroatoms. The summed E-state index contributed by atoms with van der Waals surface area (Å²) in [5, 5.41) is 12.6. The number of nitrogens with zero attached hydrogens (tertiary/aromatic N) is 1. The van der Waals surface area contributed by atoms with E-state index in [0.29, 0.717) is 0 Å². The molecule has 0 spiro atoms. The Labute approximate surface area is 112 Å². The lowest BCUT2D eigenvalue weighted by atomic mass is 9.92. The Morgan fingerprint density at radius 1 is 1.47 bits per heavy atom. The maximum absolute atomic E-state index is 12.2. The van der Waals surface area contributed by atoms with Crippen LogP contribution < -0.4 is 10.6 Å². The van der Waals surface area contributed by atoms with Crippen molar-refractivity contribution in [3.8, 4) is 0 Å². The number of carbonyl (C=O) groups excluding carboxylic acids is 2. The molecule has 0 aliphatic heterocycles. The Morgan fingerprint density at radius 2 is 2.21 bits per heavy atom. The Morgan fingerprint density at radius 3 is 2.89 bits per heavy atom. The first kappa shape index (κ1) is 13.6. The van der Waals surface area contributed by atoms with E-state index in [1.54, 1.807) is 13.8 Å². The molecule has 0 unspecified atom stereocenters. The fourth-order valence-corrected chi connectivity index (χ4v) is 2.39. The molecule has 2 rings (SSSR count). The van der Waals surface area contributed by atoms with Crippen molar-refractivity contribution in [3.05, 3.63) is 17.5 Å². The maximum atomic E-state index is 12.2. The molecule has 0 saturated carbocycles. The third-order valence-electron chi connectivity index (χ3n) is 3.41. The summed E-state index contributed by atoms with van der Waals surface area (Å²) in [4.78, 5) is 23.2. The molecule has 0 fully saturated rings. The number of carbonyl (C=O) groups is 2. The van der Waals surface area contributed by atoms with Crippen LogP contribution in [0.4, 0.5) is 0 Å². The van der Waals surface area contributed by atoms with Gasteiger partial charge in [0.2, 0.25) is 11.8 Å². The van der Waals surface area contributed by atoms with Gasteiger partial charge in [-0.05, 0) is 32.3 Å². The van der Waals surface area contributed by atoms with Crippen LogP contribution in [0.15, 0.2) is 6.20 Å². The van der Waals surface area contributed by atoms with Crippen LogP contribution in [0.2, 0.25) is 0 Å². The number of aryl methyl sites for hydroxylation is 1. The van der Waals surface area contributed by atoms with E-state index in [4.69, 9.17) is 0 Å². The SMILES string of the molecule is CC(=O)NC(C)(C)C(=O)N[C@@H]1CCc2cn[nH]c2C1. The zero-order chi connectivity index (χ0) is 14.0. The molecule has 104 valence electrons. The van der Waals surface area contributed by atoms with Crippen molar-refractivity contribution in [2.75, 3.05) is 0 Å². The quantitative estimate of drug-likeness (QED) is 0.733. The zero-order valence-corrected chi connectivity index (χ0v) is 11.5. The predicted octanol–water partition coefficient (Wildman–Crippen LogP) is 0.298. The third-order valence-corrected chi connectivity index (χ3v) is 3.41. The molecular formula is C13H20N4O2. The van der Waals surface area contributed by atoms with Crippen molar-refractivity contribution in [1.29, 1.82) is 0 Å². The van der Waals surface area contributed by atoms with Crippen molar-refractivity contribution in [2.24, 2.45) is 0 Å². The van der Waals surface area contributed by atoms with Crippen molar-refractivity contribution >= 4 is 11.8 Å². The summed E-state index contributed by atoms with van der Waals surface area (Å²) in [5.74, 6) is -0.365. The molecule has 6 nitrogen and oxygen atoms in total. The summed E-state index contributed by atoms with van der Waals surface area (Å²) in [7, 11) is 0. The molecule has 1 aliphatic carbocycles. The Bertz CT molecular complexity index is 493. The van der Waals surface area contributed by atoms with Gasteiger partial charge in [0.05, 0.1) is 6.20 Å². The number of nitrogens with one attached hydrogen (secondary N) is 3. The number of fused-ring (bicyclic) bond motifs is 1. The summed E-state index contributed by atoms with van der Waals surface area (Å²) < 4.78 is 0. The van der Waals surface area contributed by atoms with E-state index >= 15 is 0 Å². The predicted molar refractivity (Wildman–Crippen MR) is 70.4 cm³/mol. The monoisotopic (exact) mass is 264 g/mol. The van der Waals surface area contributed by atoms with E-state index in [0.717, 1.165) is 25.0 Å². The van der Waals surface area contributed by atoms with Gasteiger partial charge in [-0.1, -0.05) is 0 Å². The van der Waals surface area contributed by atoms with Gasteiger partial charge in [0.25, 0.3) is 0 Å². The van der Waals surface area contributed by atoms with E-state index in [9.17, 15) is 9.59 Å². The molecule has 0 bridgehead atoms. The number of hydrogen-bond donors (Lipinski definition) is 3. The average Bonchev–Trinajstić information content (AvgIpc) is 2.74. The molecule has 2 amide bonds. The van der Waals surface area contributed by atoms with Crippen molar-refractivity contribution in [1.82, 2.24) is 20.8 Å². The van der Waals surface area contributed by atoms with Gasteiger partial charge in [0, 0.05) is 25.1 Å². The molecule has 1 aromatic heterocycles. The van der Waals surface area contributed by atoms with E-state index in [1.165, 1.54) is 12.5 Å². The molecule has 0 aromatic carbocycles. The number of aromatic amines is 1. The second-order valence-corrected chi connectivity index (χ2v) is 5.59. The lowest BCUT2D eigenvalue weighted by Crippen LogP contribution is -2.56. The minimum atomic E-state index is -0.889. The first-order valence-corrected chi connectivity index (χ1v) is 6.49. The highest BCUT2D eigenvalue weighted by molar-refractivity contribution is 5.90. The summed E-state index contributed by atoms with van der Waals surface area (Å²) in [5.41, 5.74) is 1.43. The normalized spacial score (nSPS) is 18.6. The maximum Gasteiger partial charge on any atom is 0.245 e. The Kier molecular flexibility index (Phi) is 3.59. The summed E-state index contributed by atoms with van der Waals surface area (Å²) in [6.45, 7) is 4.81. The second-order valence-electron chi connectivity index (χ2n) is 5.59. The van der Waals surface area contributed by atoms with Gasteiger partial charge in [-0.25, -0.2) is 0 Å². The van der Waals surface area contributed by atoms with Crippen LogP contribution in [0.1, 0.15) is 38.4 Å². The number of amides is 2. The van der Waals surface area contributed by atoms with Gasteiger partial charge in [0.15, 0.2) is 0 Å². The summed E-state index contributed by atoms with van der Waals surface area (Å²) in [6, 6.07) is 0.0912. The van der Waals surface area contributed by atoms with Crippen LogP contribution in [0, 0.1) is 0 Å². The van der Waals surface area contributed by atoms with Gasteiger partial charge < -0.3 is 10.6 Å². The van der Waals surface area contributed by atoms with Crippen LogP contribution in [-0.2, 0) is 22.4 Å². The fourth-order valence-electron chi connectivity index (χ4n) is 2.39. The largest absolute Gasteiger partial charge is 0.351 e. The fraction of sp³-hybridized carbons (Fsp3) is 0.615. The molecule has 19 heavy (non-hydrogen) atoms. The van der Waals surface area contributed by atoms with Gasteiger partial charge in [-0.3, -0.25) is 14.7 Å². The standard InChI is InChI=1S/C13H20N4O2/c1-8(18)16-13(2,3)12(19)15-10-5-4-9-7-14-17-11(9)6-10/h7,10H,4-6H2,1-3H3,(H,14,17)(H,15,19)(H,16,18)/t10-/m1/s1. The molecule has 1 aromatic rings. The minimum Gasteiger partial charge on any atom is -0.351 e. The number of H-pyrrole nitrogens is 1.